The Labute approximate surface area is 156 Å². The molecule has 0 aliphatic carbocycles. The highest BCUT2D eigenvalue weighted by Crippen LogP contribution is 2.34. The molecule has 0 aromatic heterocycles. The van der Waals surface area contributed by atoms with Gasteiger partial charge in [0.2, 0.25) is 0 Å². The number of nitriles is 1. The lowest BCUT2D eigenvalue weighted by Crippen LogP contribution is -2.46. The highest BCUT2D eigenvalue weighted by Gasteiger charge is 2.25. The van der Waals surface area contributed by atoms with Crippen molar-refractivity contribution in [3.8, 4) is 11.8 Å². The summed E-state index contributed by atoms with van der Waals surface area (Å²) in [6, 6.07) is 2.39. The molecule has 1 heterocycles. The summed E-state index contributed by atoms with van der Waals surface area (Å²) >= 11 is 0. The molecule has 0 radical (unpaired) electrons. The minimum Gasteiger partial charge on any atom is -0.483 e. The van der Waals surface area contributed by atoms with Crippen LogP contribution >= 0.6 is 0 Å². The summed E-state index contributed by atoms with van der Waals surface area (Å²) in [5, 5.41) is 8.78. The van der Waals surface area contributed by atoms with Crippen LogP contribution in [-0.2, 0) is 4.79 Å². The first-order valence-electron chi connectivity index (χ1n) is 9.11. The highest BCUT2D eigenvalue weighted by atomic mass is 16.5. The number of hydrogen-bond donors (Lipinski definition) is 1. The molecule has 2 rings (SSSR count). The van der Waals surface area contributed by atoms with E-state index in [2.05, 4.69) is 11.0 Å². The molecule has 1 aromatic carbocycles. The summed E-state index contributed by atoms with van der Waals surface area (Å²) in [7, 11) is 1.84. The molecule has 0 saturated carbocycles. The van der Waals surface area contributed by atoms with Crippen LogP contribution in [0.5, 0.6) is 5.75 Å². The summed E-state index contributed by atoms with van der Waals surface area (Å²) < 4.78 is 5.92. The fraction of sp³-hybridized carbons (Fsp3) is 0.600. The van der Waals surface area contributed by atoms with E-state index < -0.39 is 0 Å². The predicted molar refractivity (Wildman–Crippen MR) is 103 cm³/mol. The number of anilines is 1. The molecule has 0 atom stereocenters. The second-order valence-electron chi connectivity index (χ2n) is 7.20. The number of carbonyl (C=O) groups is 1. The van der Waals surface area contributed by atoms with Crippen LogP contribution in [0.4, 0.5) is 5.69 Å². The first-order valence-corrected chi connectivity index (χ1v) is 9.11. The van der Waals surface area contributed by atoms with Gasteiger partial charge in [0.25, 0.3) is 5.91 Å². The second kappa shape index (κ2) is 8.41. The summed E-state index contributed by atoms with van der Waals surface area (Å²) in [4.78, 5) is 16.5. The van der Waals surface area contributed by atoms with E-state index in [0.717, 1.165) is 59.6 Å². The first-order chi connectivity index (χ1) is 12.3. The van der Waals surface area contributed by atoms with Crippen molar-refractivity contribution >= 4 is 11.6 Å². The number of likely N-dealkylation sites (tertiary alicyclic amines) is 1. The quantitative estimate of drug-likeness (QED) is 0.645. The number of nitrogens with zero attached hydrogens (tertiary/aromatic N) is 3. The van der Waals surface area contributed by atoms with E-state index in [-0.39, 0.29) is 18.6 Å². The molecule has 0 unspecified atom stereocenters. The number of likely N-dealkylation sites (N-methyl/N-ethyl adjacent to an activating group) is 1. The largest absolute Gasteiger partial charge is 0.483 e. The van der Waals surface area contributed by atoms with Crippen LogP contribution in [0.1, 0.15) is 35.1 Å². The van der Waals surface area contributed by atoms with Gasteiger partial charge in [-0.05, 0) is 62.8 Å². The number of nitrogens with two attached hydrogens (primary N) is 1. The third kappa shape index (κ3) is 4.10. The van der Waals surface area contributed by atoms with Crippen LogP contribution < -0.4 is 10.5 Å². The fourth-order valence-electron chi connectivity index (χ4n) is 3.53. The van der Waals surface area contributed by atoms with Gasteiger partial charge in [-0.3, -0.25) is 9.69 Å². The Kier molecular flexibility index (Phi) is 6.49. The Bertz CT molecular complexity index is 686. The Balaban J connectivity index is 1.98. The lowest BCUT2D eigenvalue weighted by molar-refractivity contribution is -0.135. The number of piperidine rings is 1. The van der Waals surface area contributed by atoms with Gasteiger partial charge in [0.1, 0.15) is 5.75 Å². The molecule has 1 aliphatic heterocycles. The minimum atomic E-state index is -0.0188. The molecule has 1 saturated heterocycles. The van der Waals surface area contributed by atoms with Gasteiger partial charge in [0.15, 0.2) is 6.61 Å². The van der Waals surface area contributed by atoms with E-state index in [4.69, 9.17) is 15.7 Å². The molecule has 0 spiro atoms. The van der Waals surface area contributed by atoms with E-state index >= 15 is 0 Å². The number of benzene rings is 1. The van der Waals surface area contributed by atoms with E-state index in [9.17, 15) is 4.79 Å². The molecule has 6 heteroatoms. The molecule has 1 aliphatic rings. The zero-order valence-electron chi connectivity index (χ0n) is 16.6. The Morgan fingerprint density at radius 2 is 1.73 bits per heavy atom. The van der Waals surface area contributed by atoms with E-state index in [1.807, 2.05) is 34.7 Å². The molecule has 0 bridgehead atoms. The van der Waals surface area contributed by atoms with Crippen LogP contribution in [-0.4, -0.2) is 55.0 Å². The Hall–Kier alpha value is -2.26. The topological polar surface area (TPSA) is 82.6 Å². The molecular formula is C20H30N4O2. The molecule has 142 valence electrons. The van der Waals surface area contributed by atoms with Gasteiger partial charge >= 0.3 is 0 Å². The summed E-state index contributed by atoms with van der Waals surface area (Å²) in [5.74, 6) is 0.745. The van der Waals surface area contributed by atoms with Crippen LogP contribution in [0.25, 0.3) is 0 Å². The average Bonchev–Trinajstić information content (AvgIpc) is 2.65. The smallest absolute Gasteiger partial charge is 0.260 e. The minimum absolute atomic E-state index is 0.0188. The summed E-state index contributed by atoms with van der Waals surface area (Å²) in [6.45, 7) is 10.1. The van der Waals surface area contributed by atoms with Crippen molar-refractivity contribution in [3.63, 3.8) is 0 Å². The number of rotatable bonds is 5. The highest BCUT2D eigenvalue weighted by molar-refractivity contribution is 5.78. The van der Waals surface area contributed by atoms with Crippen molar-refractivity contribution in [2.45, 2.75) is 46.6 Å². The maximum atomic E-state index is 12.6. The molecular weight excluding hydrogens is 328 g/mol. The van der Waals surface area contributed by atoms with Gasteiger partial charge in [-0.1, -0.05) is 0 Å². The number of nitrogen functional groups attached to an aromatic ring is 1. The Morgan fingerprint density at radius 3 is 2.23 bits per heavy atom. The molecule has 1 aromatic rings. The van der Waals surface area contributed by atoms with Gasteiger partial charge < -0.3 is 15.4 Å². The monoisotopic (exact) mass is 358 g/mol. The van der Waals surface area contributed by atoms with Gasteiger partial charge in [0.05, 0.1) is 12.6 Å². The number of carbonyl (C=O) groups excluding carboxylic acids is 1. The van der Waals surface area contributed by atoms with Crippen molar-refractivity contribution in [1.82, 2.24) is 9.80 Å². The SMILES string of the molecule is Cc1c(C)c(OCC(=O)N(C)C2CCN(CC#N)CC2)c(C)c(C)c1N. The lowest BCUT2D eigenvalue weighted by atomic mass is 9.97. The molecule has 26 heavy (non-hydrogen) atoms. The maximum absolute atomic E-state index is 12.6. The average molecular weight is 358 g/mol. The van der Waals surface area contributed by atoms with E-state index in [0.29, 0.717) is 6.54 Å². The molecule has 2 N–H and O–H groups in total. The Morgan fingerprint density at radius 1 is 1.19 bits per heavy atom. The van der Waals surface area contributed by atoms with E-state index in [1.165, 1.54) is 0 Å². The maximum Gasteiger partial charge on any atom is 0.260 e. The van der Waals surface area contributed by atoms with Crippen molar-refractivity contribution in [2.75, 3.05) is 39.0 Å². The number of amides is 1. The molecule has 1 amide bonds. The van der Waals surface area contributed by atoms with Crippen molar-refractivity contribution < 1.29 is 9.53 Å². The van der Waals surface area contributed by atoms with Crippen molar-refractivity contribution in [1.29, 1.82) is 5.26 Å². The molecule has 1 fully saturated rings. The predicted octanol–water partition coefficient (Wildman–Crippen LogP) is 2.33. The third-order valence-corrected chi connectivity index (χ3v) is 5.75. The lowest BCUT2D eigenvalue weighted by Gasteiger charge is -2.35. The summed E-state index contributed by atoms with van der Waals surface area (Å²) in [6.07, 6.45) is 1.78. The number of hydrogen-bond acceptors (Lipinski definition) is 5. The summed E-state index contributed by atoms with van der Waals surface area (Å²) in [5.41, 5.74) is 10.9. The van der Waals surface area contributed by atoms with Gasteiger partial charge in [-0.25, -0.2) is 0 Å². The van der Waals surface area contributed by atoms with Crippen LogP contribution in [0.3, 0.4) is 0 Å². The van der Waals surface area contributed by atoms with Crippen LogP contribution in [0.2, 0.25) is 0 Å². The van der Waals surface area contributed by atoms with E-state index in [1.54, 1.807) is 4.90 Å². The standard InChI is InChI=1S/C20H30N4O2/c1-13-15(3)20(16(4)14(2)19(13)22)26-12-18(25)23(5)17-6-9-24(10-7-17)11-8-21/h17H,6-7,9-12,22H2,1-5H3. The van der Waals surface area contributed by atoms with Gasteiger partial charge in [-0.2, -0.15) is 5.26 Å². The van der Waals surface area contributed by atoms with Crippen molar-refractivity contribution in [2.24, 2.45) is 0 Å². The third-order valence-electron chi connectivity index (χ3n) is 5.75. The van der Waals surface area contributed by atoms with Crippen molar-refractivity contribution in [3.05, 3.63) is 22.3 Å². The first kappa shape index (κ1) is 20.1. The zero-order chi connectivity index (χ0) is 19.4. The van der Waals surface area contributed by atoms with Gasteiger partial charge in [0, 0.05) is 31.9 Å². The fourth-order valence-corrected chi connectivity index (χ4v) is 3.53. The van der Waals surface area contributed by atoms with Gasteiger partial charge in [-0.15, -0.1) is 0 Å². The van der Waals surface area contributed by atoms with Crippen LogP contribution in [0.15, 0.2) is 0 Å². The second-order valence-corrected chi connectivity index (χ2v) is 7.20. The number of ether oxygens (including phenoxy) is 1. The molecule has 6 nitrogen and oxygen atoms in total. The zero-order valence-corrected chi connectivity index (χ0v) is 16.6. The normalized spacial score (nSPS) is 15.5. The van der Waals surface area contributed by atoms with Crippen LogP contribution in [0, 0.1) is 39.0 Å².